The zero-order chi connectivity index (χ0) is 34.2. The minimum Gasteiger partial charge on any atom is -0.492 e. The Bertz CT molecular complexity index is 1590. The highest BCUT2D eigenvalue weighted by Crippen LogP contribution is 2.30. The van der Waals surface area contributed by atoms with Crippen LogP contribution < -0.4 is 10.1 Å². The van der Waals surface area contributed by atoms with Gasteiger partial charge in [0.05, 0.1) is 25.4 Å². The molecule has 11 heteroatoms. The number of ketones is 1. The van der Waals surface area contributed by atoms with Gasteiger partial charge in [0.25, 0.3) is 5.91 Å². The summed E-state index contributed by atoms with van der Waals surface area (Å²) in [6.07, 6.45) is 3.31. The predicted molar refractivity (Wildman–Crippen MR) is 173 cm³/mol. The molecule has 3 aromatic carbocycles. The summed E-state index contributed by atoms with van der Waals surface area (Å²) >= 11 is 0. The lowest BCUT2D eigenvalue weighted by Gasteiger charge is -2.27. The van der Waals surface area contributed by atoms with Gasteiger partial charge in [-0.25, -0.2) is 17.6 Å². The number of halogens is 4. The number of carbonyl (C=O) groups is 2. The lowest BCUT2D eigenvalue weighted by Crippen LogP contribution is -2.39. The Morgan fingerprint density at radius 1 is 0.812 bits per heavy atom. The second-order valence-corrected chi connectivity index (χ2v) is 11.5. The molecule has 254 valence electrons. The van der Waals surface area contributed by atoms with Gasteiger partial charge in [-0.05, 0) is 84.7 Å². The average molecular weight is 667 g/mol. The minimum absolute atomic E-state index is 0.101. The summed E-state index contributed by atoms with van der Waals surface area (Å²) in [6.45, 7) is 8.01. The molecule has 1 saturated carbocycles. The zero-order valence-electron chi connectivity index (χ0n) is 26.8. The highest BCUT2D eigenvalue weighted by molar-refractivity contribution is 6.14. The van der Waals surface area contributed by atoms with E-state index in [9.17, 15) is 27.2 Å². The molecule has 3 fully saturated rings. The molecule has 2 atom stereocenters. The number of nitrogens with one attached hydrogen (secondary N) is 1. The van der Waals surface area contributed by atoms with Gasteiger partial charge in [-0.1, -0.05) is 26.0 Å². The van der Waals surface area contributed by atoms with Crippen molar-refractivity contribution in [2.45, 2.75) is 44.9 Å². The van der Waals surface area contributed by atoms with E-state index in [1.54, 1.807) is 24.3 Å². The van der Waals surface area contributed by atoms with Crippen LogP contribution in [0.1, 0.15) is 48.2 Å². The van der Waals surface area contributed by atoms with Crippen molar-refractivity contribution in [1.29, 1.82) is 0 Å². The number of Topliss-reactive ketones (excluding diaryl/α,β-unsaturated/α-hetero) is 1. The first kappa shape index (κ1) is 35.0. The molecule has 0 radical (unpaired) electrons. The first-order chi connectivity index (χ1) is 23.2. The van der Waals surface area contributed by atoms with Crippen molar-refractivity contribution in [2.75, 3.05) is 39.5 Å². The van der Waals surface area contributed by atoms with Crippen molar-refractivity contribution in [3.05, 3.63) is 112 Å². The summed E-state index contributed by atoms with van der Waals surface area (Å²) < 4.78 is 72.1. The van der Waals surface area contributed by atoms with Crippen LogP contribution in [-0.2, 0) is 14.3 Å². The molecule has 2 saturated heterocycles. The van der Waals surface area contributed by atoms with E-state index in [1.807, 2.05) is 13.8 Å². The van der Waals surface area contributed by atoms with Gasteiger partial charge >= 0.3 is 0 Å². The highest BCUT2D eigenvalue weighted by Gasteiger charge is 2.36. The summed E-state index contributed by atoms with van der Waals surface area (Å²) in [4.78, 5) is 28.9. The fraction of sp³-hybridized carbons (Fsp3) is 0.351. The largest absolute Gasteiger partial charge is 0.492 e. The van der Waals surface area contributed by atoms with E-state index >= 15 is 0 Å². The fourth-order valence-electron chi connectivity index (χ4n) is 5.94. The SMILES string of the molecule is CC.O=C1/C(=C/c2ccc(F)c(F)c2)CC(NC(=O)c2ccc(OCCN3CC4OCCOC4C3)cc2)C/C1=C\c1ccc(F)c(F)c1. The molecule has 0 bridgehead atoms. The van der Waals surface area contributed by atoms with Crippen LogP contribution in [0.3, 0.4) is 0 Å². The number of rotatable bonds is 8. The van der Waals surface area contributed by atoms with Gasteiger partial charge in [-0.3, -0.25) is 14.5 Å². The Morgan fingerprint density at radius 2 is 1.33 bits per heavy atom. The Balaban J connectivity index is 0.00000221. The van der Waals surface area contributed by atoms with Crippen molar-refractivity contribution < 1.29 is 41.4 Å². The molecule has 3 aromatic rings. The zero-order valence-corrected chi connectivity index (χ0v) is 26.8. The summed E-state index contributed by atoms with van der Waals surface area (Å²) in [6, 6.07) is 12.7. The Labute approximate surface area is 277 Å². The van der Waals surface area contributed by atoms with Crippen LogP contribution in [0.5, 0.6) is 5.75 Å². The maximum absolute atomic E-state index is 13.9. The summed E-state index contributed by atoms with van der Waals surface area (Å²) in [5.41, 5.74) is 1.40. The predicted octanol–water partition coefficient (Wildman–Crippen LogP) is 6.38. The third kappa shape index (κ3) is 8.77. The molecular weight excluding hydrogens is 628 g/mol. The molecule has 0 spiro atoms. The van der Waals surface area contributed by atoms with Crippen LogP contribution in [0.2, 0.25) is 0 Å². The Hall–Kier alpha value is -4.32. The molecule has 48 heavy (non-hydrogen) atoms. The van der Waals surface area contributed by atoms with Gasteiger partial charge in [0, 0.05) is 42.4 Å². The molecule has 6 rings (SSSR count). The van der Waals surface area contributed by atoms with E-state index in [1.165, 1.54) is 24.3 Å². The van der Waals surface area contributed by atoms with Crippen molar-refractivity contribution >= 4 is 23.8 Å². The van der Waals surface area contributed by atoms with E-state index < -0.39 is 35.1 Å². The average Bonchev–Trinajstić information content (AvgIpc) is 3.51. The second-order valence-electron chi connectivity index (χ2n) is 11.5. The number of benzene rings is 3. The number of hydrogen-bond donors (Lipinski definition) is 1. The molecule has 2 unspecified atom stereocenters. The Morgan fingerprint density at radius 3 is 1.83 bits per heavy atom. The first-order valence-electron chi connectivity index (χ1n) is 16.1. The van der Waals surface area contributed by atoms with Gasteiger partial charge in [0.2, 0.25) is 0 Å². The molecule has 7 nitrogen and oxygen atoms in total. The normalized spacial score (nSPS) is 22.6. The molecule has 2 heterocycles. The van der Waals surface area contributed by atoms with E-state index in [0.717, 1.165) is 37.4 Å². The van der Waals surface area contributed by atoms with Crippen LogP contribution in [0.25, 0.3) is 12.2 Å². The van der Waals surface area contributed by atoms with Gasteiger partial charge in [0.15, 0.2) is 29.1 Å². The number of fused-ring (bicyclic) bond motifs is 1. The van der Waals surface area contributed by atoms with E-state index in [0.29, 0.717) is 37.7 Å². The third-order valence-electron chi connectivity index (χ3n) is 8.25. The number of likely N-dealkylation sites (tertiary alicyclic amines) is 1. The maximum atomic E-state index is 13.9. The molecule has 1 N–H and O–H groups in total. The number of ether oxygens (including phenoxy) is 3. The topological polar surface area (TPSA) is 77.1 Å². The van der Waals surface area contributed by atoms with Crippen molar-refractivity contribution in [1.82, 2.24) is 10.2 Å². The van der Waals surface area contributed by atoms with Crippen LogP contribution >= 0.6 is 0 Å². The van der Waals surface area contributed by atoms with Crippen molar-refractivity contribution in [3.63, 3.8) is 0 Å². The minimum atomic E-state index is -1.06. The summed E-state index contributed by atoms with van der Waals surface area (Å²) in [5, 5.41) is 2.94. The third-order valence-corrected chi connectivity index (χ3v) is 8.25. The Kier molecular flexibility index (Phi) is 11.8. The lowest BCUT2D eigenvalue weighted by atomic mass is 9.83. The molecular formula is C37H38F4N2O5. The van der Waals surface area contributed by atoms with Crippen molar-refractivity contribution in [3.8, 4) is 5.75 Å². The first-order valence-corrected chi connectivity index (χ1v) is 16.1. The summed E-state index contributed by atoms with van der Waals surface area (Å²) in [7, 11) is 0. The molecule has 1 amide bonds. The molecule has 3 aliphatic rings. The smallest absolute Gasteiger partial charge is 0.251 e. The van der Waals surface area contributed by atoms with E-state index in [4.69, 9.17) is 14.2 Å². The number of nitrogens with zero attached hydrogens (tertiary/aromatic N) is 1. The maximum Gasteiger partial charge on any atom is 0.251 e. The van der Waals surface area contributed by atoms with Crippen LogP contribution in [0.4, 0.5) is 17.6 Å². The number of carbonyl (C=O) groups excluding carboxylic acids is 2. The van der Waals surface area contributed by atoms with Crippen LogP contribution in [0.15, 0.2) is 71.8 Å². The van der Waals surface area contributed by atoms with Gasteiger partial charge in [-0.15, -0.1) is 0 Å². The van der Waals surface area contributed by atoms with Crippen molar-refractivity contribution in [2.24, 2.45) is 0 Å². The van der Waals surface area contributed by atoms with Gasteiger partial charge in [0.1, 0.15) is 12.4 Å². The number of amides is 1. The molecule has 2 aliphatic heterocycles. The second kappa shape index (κ2) is 16.2. The standard InChI is InChI=1S/C35H32F4N2O5.C2H6/c36-28-7-1-21(15-30(28)38)13-24-17-26(18-25(34(24)42)14-22-2-8-29(37)31(39)16-22)40-35(43)23-3-5-27(6-4-23)44-10-9-41-19-32-33(20-41)46-12-11-45-32;1-2/h1-8,13-16,26,32-33H,9-12,17-20H2,(H,40,43);1-2H3/b24-13+,25-14+;. The molecule has 0 aromatic heterocycles. The lowest BCUT2D eigenvalue weighted by molar-refractivity contribution is -0.116. The molecule has 1 aliphatic carbocycles. The van der Waals surface area contributed by atoms with E-state index in [2.05, 4.69) is 10.2 Å². The number of hydrogen-bond acceptors (Lipinski definition) is 6. The fourth-order valence-corrected chi connectivity index (χ4v) is 5.94. The van der Waals surface area contributed by atoms with Gasteiger partial charge < -0.3 is 19.5 Å². The highest BCUT2D eigenvalue weighted by atomic mass is 19.2. The monoisotopic (exact) mass is 666 g/mol. The van der Waals surface area contributed by atoms with Crippen LogP contribution in [-0.4, -0.2) is 74.3 Å². The van der Waals surface area contributed by atoms with Gasteiger partial charge in [-0.2, -0.15) is 0 Å². The van der Waals surface area contributed by atoms with Crippen LogP contribution in [0, 0.1) is 23.3 Å². The summed E-state index contributed by atoms with van der Waals surface area (Å²) in [5.74, 6) is -4.34. The van der Waals surface area contributed by atoms with E-state index in [-0.39, 0.29) is 53.2 Å². The quantitative estimate of drug-likeness (QED) is 0.222.